The van der Waals surface area contributed by atoms with Gasteiger partial charge in [0.2, 0.25) is 0 Å². The average Bonchev–Trinajstić information content (AvgIpc) is 2.69. The molecule has 0 saturated heterocycles. The highest BCUT2D eigenvalue weighted by Gasteiger charge is 2.15. The van der Waals surface area contributed by atoms with Crippen LogP contribution in [0.2, 0.25) is 5.02 Å². The van der Waals surface area contributed by atoms with Crippen molar-refractivity contribution in [3.8, 4) is 0 Å². The van der Waals surface area contributed by atoms with E-state index in [2.05, 4.69) is 10.4 Å². The number of benzene rings is 1. The highest BCUT2D eigenvalue weighted by Crippen LogP contribution is 2.29. The molecule has 96 valence electrons. The Morgan fingerprint density at radius 3 is 2.67 bits per heavy atom. The predicted octanol–water partition coefficient (Wildman–Crippen LogP) is 3.52. The van der Waals surface area contributed by atoms with Gasteiger partial charge in [0.05, 0.1) is 22.4 Å². The summed E-state index contributed by atoms with van der Waals surface area (Å²) >= 11 is 5.82. The zero-order valence-electron chi connectivity index (χ0n) is 9.92. The Morgan fingerprint density at radius 1 is 1.39 bits per heavy atom. The summed E-state index contributed by atoms with van der Waals surface area (Å²) in [6.07, 6.45) is 1.65. The summed E-state index contributed by atoms with van der Waals surface area (Å²) in [6.45, 7) is 1.84. The Bertz CT molecular complexity index is 545. The van der Waals surface area contributed by atoms with E-state index in [1.54, 1.807) is 17.9 Å². The molecule has 0 radical (unpaired) electrons. The van der Waals surface area contributed by atoms with Crippen molar-refractivity contribution in [2.45, 2.75) is 13.0 Å². The van der Waals surface area contributed by atoms with E-state index in [4.69, 9.17) is 11.6 Å². The molecule has 0 amide bonds. The van der Waals surface area contributed by atoms with E-state index >= 15 is 0 Å². The first kappa shape index (κ1) is 12.8. The minimum absolute atomic E-state index is 0.0153. The van der Waals surface area contributed by atoms with Crippen LogP contribution in [0.15, 0.2) is 24.4 Å². The normalized spacial score (nSPS) is 12.5. The van der Waals surface area contributed by atoms with E-state index in [0.717, 1.165) is 17.8 Å². The first-order valence-corrected chi connectivity index (χ1v) is 5.76. The molecule has 2 rings (SSSR count). The van der Waals surface area contributed by atoms with Crippen LogP contribution in [-0.4, -0.2) is 9.78 Å². The van der Waals surface area contributed by atoms with E-state index in [1.165, 1.54) is 0 Å². The van der Waals surface area contributed by atoms with Crippen molar-refractivity contribution < 1.29 is 8.78 Å². The zero-order valence-corrected chi connectivity index (χ0v) is 10.7. The van der Waals surface area contributed by atoms with Crippen LogP contribution in [0.5, 0.6) is 0 Å². The molecule has 0 fully saturated rings. The van der Waals surface area contributed by atoms with Crippen molar-refractivity contribution in [3.63, 3.8) is 0 Å². The van der Waals surface area contributed by atoms with Crippen molar-refractivity contribution in [1.82, 2.24) is 9.78 Å². The molecule has 1 heterocycles. The van der Waals surface area contributed by atoms with Gasteiger partial charge in [-0.15, -0.1) is 0 Å². The Kier molecular flexibility index (Phi) is 3.52. The molecule has 1 aromatic carbocycles. The maximum atomic E-state index is 13.6. The van der Waals surface area contributed by atoms with Gasteiger partial charge in [-0.1, -0.05) is 11.6 Å². The van der Waals surface area contributed by atoms with Gasteiger partial charge in [0, 0.05) is 19.3 Å². The van der Waals surface area contributed by atoms with Crippen LogP contribution in [0, 0.1) is 11.6 Å². The minimum atomic E-state index is -0.714. The molecule has 2 aromatic rings. The molecule has 3 nitrogen and oxygen atoms in total. The van der Waals surface area contributed by atoms with Crippen molar-refractivity contribution in [2.24, 2.45) is 7.05 Å². The first-order valence-electron chi connectivity index (χ1n) is 5.38. The van der Waals surface area contributed by atoms with Crippen LogP contribution < -0.4 is 5.32 Å². The molecular weight excluding hydrogens is 260 g/mol. The molecular formula is C12H12ClF2N3. The van der Waals surface area contributed by atoms with Crippen molar-refractivity contribution >= 4 is 17.3 Å². The lowest BCUT2D eigenvalue weighted by Gasteiger charge is -2.17. The molecule has 0 aliphatic heterocycles. The van der Waals surface area contributed by atoms with Gasteiger partial charge in [0.25, 0.3) is 0 Å². The second-order valence-corrected chi connectivity index (χ2v) is 4.40. The number of rotatable bonds is 3. The van der Waals surface area contributed by atoms with E-state index in [0.29, 0.717) is 0 Å². The highest BCUT2D eigenvalue weighted by molar-refractivity contribution is 6.33. The van der Waals surface area contributed by atoms with Gasteiger partial charge in [-0.25, -0.2) is 8.78 Å². The largest absolute Gasteiger partial charge is 0.373 e. The smallest absolute Gasteiger partial charge is 0.150 e. The molecule has 0 aliphatic rings. The summed E-state index contributed by atoms with van der Waals surface area (Å²) in [5, 5.41) is 6.96. The Morgan fingerprint density at radius 2 is 2.11 bits per heavy atom. The fourth-order valence-electron chi connectivity index (χ4n) is 1.78. The topological polar surface area (TPSA) is 29.9 Å². The molecule has 18 heavy (non-hydrogen) atoms. The maximum absolute atomic E-state index is 13.6. The first-order chi connectivity index (χ1) is 8.49. The number of aryl methyl sites for hydroxylation is 1. The van der Waals surface area contributed by atoms with E-state index in [1.807, 2.05) is 13.0 Å². The molecule has 0 spiro atoms. The molecule has 0 aliphatic carbocycles. The SMILES string of the molecule is CC(Nc1c(F)cc(F)cc1Cl)c1ccnn1C. The predicted molar refractivity (Wildman–Crippen MR) is 66.6 cm³/mol. The van der Waals surface area contributed by atoms with Crippen molar-refractivity contribution in [3.05, 3.63) is 46.7 Å². The summed E-state index contributed by atoms with van der Waals surface area (Å²) in [5.41, 5.74) is 0.960. The molecule has 0 saturated carbocycles. The number of nitrogens with one attached hydrogen (secondary N) is 1. The fourth-order valence-corrected chi connectivity index (χ4v) is 2.03. The lowest BCUT2D eigenvalue weighted by molar-refractivity contribution is 0.582. The van der Waals surface area contributed by atoms with E-state index < -0.39 is 11.6 Å². The van der Waals surface area contributed by atoms with Gasteiger partial charge in [-0.05, 0) is 19.1 Å². The Labute approximate surface area is 108 Å². The van der Waals surface area contributed by atoms with Crippen LogP contribution in [0.1, 0.15) is 18.7 Å². The Balaban J connectivity index is 2.27. The third-order valence-corrected chi connectivity index (χ3v) is 2.97. The molecule has 0 bridgehead atoms. The van der Waals surface area contributed by atoms with Gasteiger partial charge in [0.15, 0.2) is 5.82 Å². The second-order valence-electron chi connectivity index (χ2n) is 3.99. The van der Waals surface area contributed by atoms with Crippen LogP contribution >= 0.6 is 11.6 Å². The lowest BCUT2D eigenvalue weighted by atomic mass is 10.2. The summed E-state index contributed by atoms with van der Waals surface area (Å²) in [4.78, 5) is 0. The minimum Gasteiger partial charge on any atom is -0.373 e. The lowest BCUT2D eigenvalue weighted by Crippen LogP contribution is -2.12. The standard InChI is InChI=1S/C12H12ClF2N3/c1-7(11-3-4-16-18(11)2)17-12-9(13)5-8(14)6-10(12)15/h3-7,17H,1-2H3. The number of aromatic nitrogens is 2. The van der Waals surface area contributed by atoms with Gasteiger partial charge in [0.1, 0.15) is 5.82 Å². The summed E-state index contributed by atoms with van der Waals surface area (Å²) in [5.74, 6) is -1.41. The number of hydrogen-bond acceptors (Lipinski definition) is 2. The molecule has 6 heteroatoms. The zero-order chi connectivity index (χ0) is 13.3. The van der Waals surface area contributed by atoms with Crippen molar-refractivity contribution in [2.75, 3.05) is 5.32 Å². The molecule has 1 N–H and O–H groups in total. The Hall–Kier alpha value is -1.62. The van der Waals surface area contributed by atoms with Gasteiger partial charge in [-0.2, -0.15) is 5.10 Å². The van der Waals surface area contributed by atoms with Crippen LogP contribution in [0.25, 0.3) is 0 Å². The van der Waals surface area contributed by atoms with E-state index in [9.17, 15) is 8.78 Å². The number of halogens is 3. The number of hydrogen-bond donors (Lipinski definition) is 1. The maximum Gasteiger partial charge on any atom is 0.150 e. The quantitative estimate of drug-likeness (QED) is 0.926. The molecule has 1 unspecified atom stereocenters. The molecule has 1 aromatic heterocycles. The molecule has 1 atom stereocenters. The van der Waals surface area contributed by atoms with Gasteiger partial charge in [-0.3, -0.25) is 4.68 Å². The van der Waals surface area contributed by atoms with Gasteiger partial charge < -0.3 is 5.32 Å². The summed E-state index contributed by atoms with van der Waals surface area (Å²) < 4.78 is 28.2. The summed E-state index contributed by atoms with van der Waals surface area (Å²) in [6, 6.07) is 3.48. The average molecular weight is 272 g/mol. The highest BCUT2D eigenvalue weighted by atomic mass is 35.5. The second kappa shape index (κ2) is 4.94. The number of anilines is 1. The van der Waals surface area contributed by atoms with Crippen LogP contribution in [-0.2, 0) is 7.05 Å². The monoisotopic (exact) mass is 271 g/mol. The van der Waals surface area contributed by atoms with Crippen LogP contribution in [0.3, 0.4) is 0 Å². The summed E-state index contributed by atoms with van der Waals surface area (Å²) in [7, 11) is 1.79. The van der Waals surface area contributed by atoms with Crippen molar-refractivity contribution in [1.29, 1.82) is 0 Å². The van der Waals surface area contributed by atoms with Gasteiger partial charge >= 0.3 is 0 Å². The third kappa shape index (κ3) is 2.46. The fraction of sp³-hybridized carbons (Fsp3) is 0.250. The third-order valence-electron chi connectivity index (χ3n) is 2.67. The van der Waals surface area contributed by atoms with E-state index in [-0.39, 0.29) is 16.8 Å². The number of nitrogens with zero attached hydrogens (tertiary/aromatic N) is 2. The van der Waals surface area contributed by atoms with Crippen LogP contribution in [0.4, 0.5) is 14.5 Å².